The van der Waals surface area contributed by atoms with Crippen molar-refractivity contribution in [1.29, 1.82) is 0 Å². The first-order valence-corrected chi connectivity index (χ1v) is 15.1. The number of ether oxygens (including phenoxy) is 3. The Morgan fingerprint density at radius 3 is 2.24 bits per heavy atom. The average Bonchev–Trinajstić information content (AvgIpc) is 3.51. The van der Waals surface area contributed by atoms with Crippen LogP contribution in [0.5, 0.6) is 17.5 Å². The van der Waals surface area contributed by atoms with Crippen LogP contribution in [0.4, 0.5) is 24.7 Å². The number of fused-ring (bicyclic) bond motifs is 1. The quantitative estimate of drug-likeness (QED) is 0.144. The van der Waals surface area contributed by atoms with Crippen LogP contribution in [0, 0.1) is 10.1 Å². The summed E-state index contributed by atoms with van der Waals surface area (Å²) in [6.07, 6.45) is -2.53. The van der Waals surface area contributed by atoms with Gasteiger partial charge in [-0.15, -0.1) is 0 Å². The van der Waals surface area contributed by atoms with Crippen molar-refractivity contribution in [2.45, 2.75) is 44.8 Å². The number of hydrogen-bond donors (Lipinski definition) is 0. The Bertz CT molecular complexity index is 1620. The van der Waals surface area contributed by atoms with Crippen molar-refractivity contribution in [1.82, 2.24) is 14.5 Å². The van der Waals surface area contributed by atoms with Crippen molar-refractivity contribution < 1.29 is 32.3 Å². The van der Waals surface area contributed by atoms with Gasteiger partial charge in [0.2, 0.25) is 0 Å². The number of anilines is 1. The van der Waals surface area contributed by atoms with Gasteiger partial charge < -0.3 is 29.2 Å². The number of alkyl halides is 3. The van der Waals surface area contributed by atoms with Gasteiger partial charge in [0, 0.05) is 55.9 Å². The van der Waals surface area contributed by atoms with Crippen LogP contribution in [0.1, 0.15) is 36.1 Å². The first-order chi connectivity index (χ1) is 22.1. The molecule has 0 spiro atoms. The zero-order chi connectivity index (χ0) is 32.3. The third kappa shape index (κ3) is 7.36. The van der Waals surface area contributed by atoms with E-state index in [4.69, 9.17) is 14.2 Å². The number of rotatable bonds is 10. The molecule has 2 aliphatic rings. The summed E-state index contributed by atoms with van der Waals surface area (Å²) < 4.78 is 57.5. The lowest BCUT2D eigenvalue weighted by Crippen LogP contribution is -2.47. The molecule has 1 aromatic heterocycles. The van der Waals surface area contributed by atoms with Gasteiger partial charge in [-0.25, -0.2) is 0 Å². The molecule has 2 aliphatic heterocycles. The molecule has 1 saturated heterocycles. The molecule has 0 amide bonds. The van der Waals surface area contributed by atoms with Crippen molar-refractivity contribution in [2.24, 2.45) is 0 Å². The van der Waals surface area contributed by atoms with E-state index < -0.39 is 16.7 Å². The Kier molecular flexibility index (Phi) is 9.02. The van der Waals surface area contributed by atoms with E-state index in [0.717, 1.165) is 49.7 Å². The summed E-state index contributed by atoms with van der Waals surface area (Å²) >= 11 is 0. The molecule has 13 heteroatoms. The molecule has 0 bridgehead atoms. The third-order valence-corrected chi connectivity index (χ3v) is 8.43. The molecule has 4 aromatic rings. The molecule has 2 unspecified atom stereocenters. The second-order valence-electron chi connectivity index (χ2n) is 11.4. The standard InChI is InChI=1S/C33H34F3N5O5/c1-23(25-4-10-28(11-5-25)44-21-24-2-6-26(7-3-24)33(34,35)36)38-16-18-39(19-17-38)27-8-12-29(13-9-27)45-22-30-14-15-40-20-31(41(42)43)37-32(40)46-30/h2-13,20,23,30H,14-19,21-22H2,1H3. The minimum Gasteiger partial charge on any atom is -0.490 e. The van der Waals surface area contributed by atoms with Gasteiger partial charge in [0.25, 0.3) is 0 Å². The van der Waals surface area contributed by atoms with Gasteiger partial charge in [0.1, 0.15) is 37.0 Å². The molecule has 242 valence electrons. The normalized spacial score (nSPS) is 17.6. The summed E-state index contributed by atoms with van der Waals surface area (Å²) in [6, 6.07) is 21.3. The highest BCUT2D eigenvalue weighted by atomic mass is 19.4. The molecule has 0 radical (unpaired) electrons. The van der Waals surface area contributed by atoms with Gasteiger partial charge in [-0.05, 0) is 71.5 Å². The largest absolute Gasteiger partial charge is 0.490 e. The molecule has 0 saturated carbocycles. The summed E-state index contributed by atoms with van der Waals surface area (Å²) in [6.45, 7) is 6.85. The Labute approximate surface area is 264 Å². The second-order valence-corrected chi connectivity index (χ2v) is 11.4. The highest BCUT2D eigenvalue weighted by Crippen LogP contribution is 2.30. The van der Waals surface area contributed by atoms with Crippen LogP contribution in [0.3, 0.4) is 0 Å². The summed E-state index contributed by atoms with van der Waals surface area (Å²) in [5.41, 5.74) is 2.29. The summed E-state index contributed by atoms with van der Waals surface area (Å²) in [5.74, 6) is 1.17. The number of aromatic nitrogens is 2. The van der Waals surface area contributed by atoms with Crippen LogP contribution in [0.2, 0.25) is 0 Å². The van der Waals surface area contributed by atoms with Crippen molar-refractivity contribution >= 4 is 11.5 Å². The van der Waals surface area contributed by atoms with Crippen molar-refractivity contribution in [2.75, 3.05) is 37.7 Å². The zero-order valence-electron chi connectivity index (χ0n) is 25.2. The number of imidazole rings is 1. The fraction of sp³-hybridized carbons (Fsp3) is 0.364. The van der Waals surface area contributed by atoms with E-state index in [0.29, 0.717) is 30.9 Å². The molecule has 0 N–H and O–H groups in total. The highest BCUT2D eigenvalue weighted by Gasteiger charge is 2.30. The number of piperazine rings is 1. The molecule has 3 heterocycles. The van der Waals surface area contributed by atoms with Crippen molar-refractivity contribution in [3.8, 4) is 17.5 Å². The monoisotopic (exact) mass is 637 g/mol. The van der Waals surface area contributed by atoms with Gasteiger partial charge in [-0.1, -0.05) is 24.3 Å². The van der Waals surface area contributed by atoms with Gasteiger partial charge in [0.05, 0.1) is 5.56 Å². The number of benzene rings is 3. The number of hydrogen-bond acceptors (Lipinski definition) is 8. The molecule has 46 heavy (non-hydrogen) atoms. The lowest BCUT2D eigenvalue weighted by Gasteiger charge is -2.39. The van der Waals surface area contributed by atoms with Crippen LogP contribution in [-0.4, -0.2) is 58.3 Å². The van der Waals surface area contributed by atoms with Crippen molar-refractivity contribution in [3.05, 3.63) is 106 Å². The van der Waals surface area contributed by atoms with Gasteiger partial charge in [-0.3, -0.25) is 9.47 Å². The lowest BCUT2D eigenvalue weighted by molar-refractivity contribution is -0.389. The summed E-state index contributed by atoms with van der Waals surface area (Å²) in [4.78, 5) is 19.2. The molecular formula is C33H34F3N5O5. The topological polar surface area (TPSA) is 95.1 Å². The number of nitrogens with zero attached hydrogens (tertiary/aromatic N) is 5. The molecule has 0 aliphatic carbocycles. The van der Waals surface area contributed by atoms with E-state index in [9.17, 15) is 23.3 Å². The predicted molar refractivity (Wildman–Crippen MR) is 164 cm³/mol. The van der Waals surface area contributed by atoms with Crippen LogP contribution in [-0.2, 0) is 19.3 Å². The van der Waals surface area contributed by atoms with Gasteiger partial charge >= 0.3 is 18.0 Å². The van der Waals surface area contributed by atoms with E-state index >= 15 is 0 Å². The van der Waals surface area contributed by atoms with E-state index in [1.807, 2.05) is 36.4 Å². The van der Waals surface area contributed by atoms with E-state index in [2.05, 4.69) is 33.8 Å². The number of aryl methyl sites for hydroxylation is 1. The fourth-order valence-corrected chi connectivity index (χ4v) is 5.66. The molecule has 3 aromatic carbocycles. The smallest absolute Gasteiger partial charge is 0.416 e. The maximum Gasteiger partial charge on any atom is 0.416 e. The SMILES string of the molecule is CC(c1ccc(OCc2ccc(C(F)(F)F)cc2)cc1)N1CCN(c2ccc(OCC3CCn4cc([N+](=O)[O-])nc4O3)cc2)CC1. The second kappa shape index (κ2) is 13.3. The van der Waals surface area contributed by atoms with Crippen molar-refractivity contribution in [3.63, 3.8) is 0 Å². The summed E-state index contributed by atoms with van der Waals surface area (Å²) in [5, 5.41) is 11.0. The maximum absolute atomic E-state index is 12.8. The third-order valence-electron chi connectivity index (χ3n) is 8.43. The van der Waals surface area contributed by atoms with Crippen LogP contribution in [0.15, 0.2) is 79.0 Å². The van der Waals surface area contributed by atoms with E-state index in [-0.39, 0.29) is 30.6 Å². The Morgan fingerprint density at radius 1 is 0.935 bits per heavy atom. The Morgan fingerprint density at radius 2 is 1.59 bits per heavy atom. The molecular weight excluding hydrogens is 603 g/mol. The highest BCUT2D eigenvalue weighted by molar-refractivity contribution is 5.49. The molecule has 1 fully saturated rings. The molecule has 10 nitrogen and oxygen atoms in total. The molecule has 6 rings (SSSR count). The first kappa shape index (κ1) is 31.2. The van der Waals surface area contributed by atoms with E-state index in [1.165, 1.54) is 23.9 Å². The summed E-state index contributed by atoms with van der Waals surface area (Å²) in [7, 11) is 0. The minimum atomic E-state index is -4.35. The van der Waals surface area contributed by atoms with Gasteiger partial charge in [-0.2, -0.15) is 13.2 Å². The fourth-order valence-electron chi connectivity index (χ4n) is 5.66. The van der Waals surface area contributed by atoms with E-state index in [1.54, 1.807) is 4.57 Å². The predicted octanol–water partition coefficient (Wildman–Crippen LogP) is 6.50. The lowest BCUT2D eigenvalue weighted by atomic mass is 10.1. The van der Waals surface area contributed by atoms with Crippen LogP contribution in [0.25, 0.3) is 0 Å². The Hall–Kier alpha value is -4.78. The number of nitro groups is 1. The average molecular weight is 638 g/mol. The molecule has 2 atom stereocenters. The van der Waals surface area contributed by atoms with Crippen LogP contribution < -0.4 is 19.1 Å². The minimum absolute atomic E-state index is 0.193. The van der Waals surface area contributed by atoms with Crippen LogP contribution >= 0.6 is 0 Å². The van der Waals surface area contributed by atoms with Gasteiger partial charge in [0.15, 0.2) is 0 Å². The maximum atomic E-state index is 12.8. The number of halogens is 3. The zero-order valence-corrected chi connectivity index (χ0v) is 25.2. The first-order valence-electron chi connectivity index (χ1n) is 15.1. The Balaban J connectivity index is 0.937.